The van der Waals surface area contributed by atoms with Gasteiger partial charge in [-0.2, -0.15) is 4.31 Å². The first-order valence-electron chi connectivity index (χ1n) is 7.60. The number of benzene rings is 1. The molecule has 0 saturated carbocycles. The molecule has 2 bridgehead atoms. The minimum atomic E-state index is -4.16. The van der Waals surface area contributed by atoms with Crippen LogP contribution in [0.3, 0.4) is 0 Å². The summed E-state index contributed by atoms with van der Waals surface area (Å²) < 4.78 is 47.0. The molecule has 0 aromatic heterocycles. The molecule has 2 saturated heterocycles. The second-order valence-electron chi connectivity index (χ2n) is 6.30. The van der Waals surface area contributed by atoms with Crippen molar-refractivity contribution in [1.29, 1.82) is 0 Å². The lowest BCUT2D eigenvalue weighted by Crippen LogP contribution is -2.46. The van der Waals surface area contributed by atoms with Gasteiger partial charge in [0.25, 0.3) is 0 Å². The van der Waals surface area contributed by atoms with Gasteiger partial charge in [-0.05, 0) is 25.2 Å². The summed E-state index contributed by atoms with van der Waals surface area (Å²) in [6.45, 7) is 2.09. The van der Waals surface area contributed by atoms with Gasteiger partial charge in [0, 0.05) is 25.6 Å². The lowest BCUT2D eigenvalue weighted by atomic mass is 10.1. The Morgan fingerprint density at radius 3 is 2.75 bits per heavy atom. The zero-order valence-corrected chi connectivity index (χ0v) is 14.0. The van der Waals surface area contributed by atoms with Crippen molar-refractivity contribution in [2.75, 3.05) is 39.9 Å². The van der Waals surface area contributed by atoms with Crippen molar-refractivity contribution in [2.24, 2.45) is 5.92 Å². The molecule has 2 fully saturated rings. The van der Waals surface area contributed by atoms with Gasteiger partial charge in [0.2, 0.25) is 10.0 Å². The first-order chi connectivity index (χ1) is 11.3. The summed E-state index contributed by atoms with van der Waals surface area (Å²) in [7, 11) is -2.25. The molecule has 24 heavy (non-hydrogen) atoms. The van der Waals surface area contributed by atoms with E-state index in [4.69, 9.17) is 9.84 Å². The number of carboxylic acid groups (broad SMARTS) is 1. The summed E-state index contributed by atoms with van der Waals surface area (Å²) in [5, 5.41) is 9.05. The van der Waals surface area contributed by atoms with Crippen molar-refractivity contribution in [3.63, 3.8) is 0 Å². The molecule has 3 rings (SSSR count). The van der Waals surface area contributed by atoms with Gasteiger partial charge in [-0.3, -0.25) is 0 Å². The molecule has 2 aliphatic rings. The van der Waals surface area contributed by atoms with Crippen molar-refractivity contribution in [3.05, 3.63) is 29.6 Å². The van der Waals surface area contributed by atoms with Crippen LogP contribution < -0.4 is 0 Å². The molecule has 1 N–H and O–H groups in total. The number of rotatable bonds is 3. The van der Waals surface area contributed by atoms with Gasteiger partial charge in [0.15, 0.2) is 0 Å². The molecule has 0 radical (unpaired) electrons. The lowest BCUT2D eigenvalue weighted by molar-refractivity contribution is 0.0659. The van der Waals surface area contributed by atoms with Crippen LogP contribution in [-0.4, -0.2) is 74.6 Å². The molecular weight excluding hydrogens is 339 g/mol. The molecule has 2 atom stereocenters. The third kappa shape index (κ3) is 3.16. The monoisotopic (exact) mass is 358 g/mol. The van der Waals surface area contributed by atoms with Crippen LogP contribution in [0.2, 0.25) is 0 Å². The van der Waals surface area contributed by atoms with E-state index in [0.29, 0.717) is 19.7 Å². The number of likely N-dealkylation sites (N-methyl/N-ethyl adjacent to an activating group) is 1. The first kappa shape index (κ1) is 17.3. The topological polar surface area (TPSA) is 87.2 Å². The molecule has 7 nitrogen and oxygen atoms in total. The highest BCUT2D eigenvalue weighted by molar-refractivity contribution is 7.89. The zero-order chi connectivity index (χ0) is 17.5. The van der Waals surface area contributed by atoms with Gasteiger partial charge < -0.3 is 14.7 Å². The van der Waals surface area contributed by atoms with E-state index < -0.39 is 32.7 Å². The van der Waals surface area contributed by atoms with Gasteiger partial charge >= 0.3 is 5.97 Å². The molecule has 0 unspecified atom stereocenters. The van der Waals surface area contributed by atoms with E-state index in [1.807, 2.05) is 11.9 Å². The number of halogens is 1. The number of sulfonamides is 1. The highest BCUT2D eigenvalue weighted by atomic mass is 32.2. The second-order valence-corrected chi connectivity index (χ2v) is 8.16. The standard InChI is InChI=1S/C15H19FN2O5S/c1-17-5-10-6-18(12(7-17)9-23-8-10)24(21,22)14-4-11(15(19)20)2-3-13(14)16/h2-4,10,12H,5-9H2,1H3,(H,19,20)/t10-,12-/m0/s1. The SMILES string of the molecule is CN1C[C@@H]2COC[C@H](C1)N(S(=O)(=O)c1cc(C(=O)O)ccc1F)C2. The summed E-state index contributed by atoms with van der Waals surface area (Å²) in [5.74, 6) is -2.26. The van der Waals surface area contributed by atoms with Gasteiger partial charge in [-0.15, -0.1) is 0 Å². The van der Waals surface area contributed by atoms with E-state index in [9.17, 15) is 17.6 Å². The number of hydrogen-bond donors (Lipinski definition) is 1. The Morgan fingerprint density at radius 2 is 2.04 bits per heavy atom. The fourth-order valence-electron chi connectivity index (χ4n) is 3.29. The van der Waals surface area contributed by atoms with Crippen molar-refractivity contribution >= 4 is 16.0 Å². The molecule has 2 heterocycles. The summed E-state index contributed by atoms with van der Waals surface area (Å²) in [4.78, 5) is 12.5. The van der Waals surface area contributed by atoms with Crippen molar-refractivity contribution in [1.82, 2.24) is 9.21 Å². The van der Waals surface area contributed by atoms with Crippen LogP contribution in [0, 0.1) is 11.7 Å². The molecule has 0 spiro atoms. The number of nitrogens with zero attached hydrogens (tertiary/aromatic N) is 2. The Kier molecular flexibility index (Phi) is 4.60. The van der Waals surface area contributed by atoms with Crippen molar-refractivity contribution < 1.29 is 27.4 Å². The Hall–Kier alpha value is -1.55. The number of carboxylic acids is 1. The number of hydrogen-bond acceptors (Lipinski definition) is 5. The Labute approximate surface area is 139 Å². The average Bonchev–Trinajstić information content (AvgIpc) is 2.78. The average molecular weight is 358 g/mol. The zero-order valence-electron chi connectivity index (χ0n) is 13.2. The smallest absolute Gasteiger partial charge is 0.335 e. The molecule has 0 amide bonds. The predicted octanol–water partition coefficient (Wildman–Crippen LogP) is 0.475. The quantitative estimate of drug-likeness (QED) is 0.845. The van der Waals surface area contributed by atoms with Crippen LogP contribution in [0.1, 0.15) is 10.4 Å². The third-order valence-corrected chi connectivity index (χ3v) is 6.30. The van der Waals surface area contributed by atoms with Gasteiger partial charge in [0.05, 0.1) is 24.8 Å². The normalized spacial score (nSPS) is 26.1. The summed E-state index contributed by atoms with van der Waals surface area (Å²) in [5.41, 5.74) is -0.263. The Morgan fingerprint density at radius 1 is 1.29 bits per heavy atom. The van der Waals surface area contributed by atoms with Crippen molar-refractivity contribution in [2.45, 2.75) is 10.9 Å². The number of ether oxygens (including phenoxy) is 1. The Balaban J connectivity index is 2.04. The summed E-state index contributed by atoms with van der Waals surface area (Å²) in [6.07, 6.45) is 0. The van der Waals surface area contributed by atoms with Crippen LogP contribution >= 0.6 is 0 Å². The lowest BCUT2D eigenvalue weighted by Gasteiger charge is -2.29. The highest BCUT2D eigenvalue weighted by Crippen LogP contribution is 2.28. The third-order valence-electron chi connectivity index (χ3n) is 4.37. The number of aromatic carboxylic acids is 1. The van der Waals surface area contributed by atoms with E-state index in [2.05, 4.69) is 0 Å². The van der Waals surface area contributed by atoms with Crippen LogP contribution in [0.5, 0.6) is 0 Å². The van der Waals surface area contributed by atoms with Crippen LogP contribution in [0.15, 0.2) is 23.1 Å². The van der Waals surface area contributed by atoms with Crippen LogP contribution in [0.4, 0.5) is 4.39 Å². The molecule has 0 aliphatic carbocycles. The van der Waals surface area contributed by atoms with Crippen LogP contribution in [0.25, 0.3) is 0 Å². The summed E-state index contributed by atoms with van der Waals surface area (Å²) in [6, 6.07) is 2.38. The largest absolute Gasteiger partial charge is 0.478 e. The van der Waals surface area contributed by atoms with Gasteiger partial charge in [-0.25, -0.2) is 17.6 Å². The molecule has 2 aliphatic heterocycles. The second kappa shape index (κ2) is 6.40. The van der Waals surface area contributed by atoms with E-state index in [1.165, 1.54) is 4.31 Å². The van der Waals surface area contributed by atoms with Crippen molar-refractivity contribution in [3.8, 4) is 0 Å². The van der Waals surface area contributed by atoms with Gasteiger partial charge in [-0.1, -0.05) is 0 Å². The highest BCUT2D eigenvalue weighted by Gasteiger charge is 2.40. The maximum Gasteiger partial charge on any atom is 0.335 e. The first-order valence-corrected chi connectivity index (χ1v) is 9.04. The molecular formula is C15H19FN2O5S. The predicted molar refractivity (Wildman–Crippen MR) is 82.8 cm³/mol. The van der Waals surface area contributed by atoms with E-state index in [1.54, 1.807) is 0 Å². The maximum absolute atomic E-state index is 14.2. The summed E-state index contributed by atoms with van der Waals surface area (Å²) >= 11 is 0. The van der Waals surface area contributed by atoms with E-state index >= 15 is 0 Å². The minimum absolute atomic E-state index is 0.0111. The molecule has 9 heteroatoms. The fourth-order valence-corrected chi connectivity index (χ4v) is 5.06. The van der Waals surface area contributed by atoms with E-state index in [0.717, 1.165) is 18.2 Å². The molecule has 132 valence electrons. The molecule has 1 aromatic rings. The van der Waals surface area contributed by atoms with Gasteiger partial charge in [0.1, 0.15) is 10.7 Å². The fraction of sp³-hybridized carbons (Fsp3) is 0.533. The van der Waals surface area contributed by atoms with E-state index in [-0.39, 0.29) is 24.6 Å². The maximum atomic E-state index is 14.2. The molecule has 1 aromatic carbocycles. The number of fused-ring (bicyclic) bond motifs is 3. The number of carbonyl (C=O) groups is 1. The Bertz CT molecular complexity index is 754. The van der Waals surface area contributed by atoms with Crippen LogP contribution in [-0.2, 0) is 14.8 Å². The minimum Gasteiger partial charge on any atom is -0.478 e.